The number of amides is 1. The number of likely N-dealkylation sites (tertiary alicyclic amines) is 1. The molecule has 1 aromatic rings. The van der Waals surface area contributed by atoms with E-state index >= 15 is 0 Å². The van der Waals surface area contributed by atoms with Crippen molar-refractivity contribution in [1.82, 2.24) is 4.90 Å². The number of rotatable bonds is 2. The number of β-amino-alcohol motifs (C(OH)–C–C–N with tert-alkyl or cyclic N) is 1. The first-order valence-corrected chi connectivity index (χ1v) is 6.59. The zero-order valence-corrected chi connectivity index (χ0v) is 11.0. The molecule has 1 unspecified atom stereocenters. The second kappa shape index (κ2) is 4.63. The molecule has 1 aliphatic rings. The minimum absolute atomic E-state index is 0.0180. The molecule has 2 heterocycles. The lowest BCUT2D eigenvalue weighted by Crippen LogP contribution is -2.32. The average molecular weight is 251 g/mol. The average Bonchev–Trinajstić information content (AvgIpc) is 2.81. The fraction of sp³-hybridized carbons (Fsp3) is 0.462. The van der Waals surface area contributed by atoms with Crippen LogP contribution in [-0.2, 0) is 4.79 Å². The SMILES string of the molecule is Cc1ccsc1/C=C/C(=O)N1CCC(C)(O)C1. The van der Waals surface area contributed by atoms with Crippen molar-refractivity contribution in [2.75, 3.05) is 13.1 Å². The summed E-state index contributed by atoms with van der Waals surface area (Å²) in [6.07, 6.45) is 4.11. The molecule has 0 saturated carbocycles. The van der Waals surface area contributed by atoms with Crippen LogP contribution >= 0.6 is 11.3 Å². The predicted molar refractivity (Wildman–Crippen MR) is 69.9 cm³/mol. The molecule has 1 aromatic heterocycles. The molecule has 1 N–H and O–H groups in total. The van der Waals surface area contributed by atoms with Crippen molar-refractivity contribution >= 4 is 23.3 Å². The molecule has 1 amide bonds. The Morgan fingerprint density at radius 3 is 2.94 bits per heavy atom. The third-order valence-corrected chi connectivity index (χ3v) is 4.03. The van der Waals surface area contributed by atoms with Crippen LogP contribution in [-0.4, -0.2) is 34.6 Å². The van der Waals surface area contributed by atoms with Gasteiger partial charge in [0.1, 0.15) is 0 Å². The number of aliphatic hydroxyl groups is 1. The van der Waals surface area contributed by atoms with E-state index in [4.69, 9.17) is 0 Å². The van der Waals surface area contributed by atoms with Crippen LogP contribution in [0, 0.1) is 6.92 Å². The first-order chi connectivity index (χ1) is 7.98. The molecule has 92 valence electrons. The number of nitrogens with zero attached hydrogens (tertiary/aromatic N) is 1. The van der Waals surface area contributed by atoms with E-state index in [1.165, 1.54) is 5.56 Å². The minimum Gasteiger partial charge on any atom is -0.388 e. The van der Waals surface area contributed by atoms with Crippen LogP contribution in [0.25, 0.3) is 6.08 Å². The van der Waals surface area contributed by atoms with Gasteiger partial charge in [-0.1, -0.05) is 0 Å². The molecule has 0 aliphatic carbocycles. The summed E-state index contributed by atoms with van der Waals surface area (Å²) in [4.78, 5) is 14.7. The summed E-state index contributed by atoms with van der Waals surface area (Å²) in [6, 6.07) is 2.04. The number of thiophene rings is 1. The Morgan fingerprint density at radius 1 is 1.65 bits per heavy atom. The standard InChI is InChI=1S/C13H17NO2S/c1-10-5-8-17-11(10)3-4-12(15)14-7-6-13(2,16)9-14/h3-5,8,16H,6-7,9H2,1-2H3/b4-3+. The summed E-state index contributed by atoms with van der Waals surface area (Å²) >= 11 is 1.63. The van der Waals surface area contributed by atoms with Crippen molar-refractivity contribution < 1.29 is 9.90 Å². The molecule has 0 radical (unpaired) electrons. The zero-order chi connectivity index (χ0) is 12.5. The van der Waals surface area contributed by atoms with E-state index in [-0.39, 0.29) is 5.91 Å². The highest BCUT2D eigenvalue weighted by Crippen LogP contribution is 2.21. The summed E-state index contributed by atoms with van der Waals surface area (Å²) in [5.41, 5.74) is 0.468. The number of hydrogen-bond donors (Lipinski definition) is 1. The third-order valence-electron chi connectivity index (χ3n) is 3.04. The van der Waals surface area contributed by atoms with Gasteiger partial charge in [0.15, 0.2) is 0 Å². The summed E-state index contributed by atoms with van der Waals surface area (Å²) in [6.45, 7) is 4.87. The van der Waals surface area contributed by atoms with Crippen molar-refractivity contribution in [3.63, 3.8) is 0 Å². The Morgan fingerprint density at radius 2 is 2.41 bits per heavy atom. The minimum atomic E-state index is -0.720. The first kappa shape index (κ1) is 12.3. The Kier molecular flexibility index (Phi) is 3.35. The van der Waals surface area contributed by atoms with Gasteiger partial charge in [-0.2, -0.15) is 0 Å². The molecule has 1 saturated heterocycles. The van der Waals surface area contributed by atoms with E-state index in [2.05, 4.69) is 0 Å². The molecule has 0 spiro atoms. The van der Waals surface area contributed by atoms with Crippen LogP contribution in [0.4, 0.5) is 0 Å². The van der Waals surface area contributed by atoms with Gasteiger partial charge in [0.2, 0.25) is 5.91 Å². The van der Waals surface area contributed by atoms with Crippen LogP contribution in [0.1, 0.15) is 23.8 Å². The molecule has 1 fully saturated rings. The van der Waals surface area contributed by atoms with Gasteiger partial charge in [-0.15, -0.1) is 11.3 Å². The first-order valence-electron chi connectivity index (χ1n) is 5.71. The van der Waals surface area contributed by atoms with Gasteiger partial charge in [-0.25, -0.2) is 0 Å². The molecular formula is C13H17NO2S. The molecule has 2 rings (SSSR count). The van der Waals surface area contributed by atoms with Crippen molar-refractivity contribution in [2.45, 2.75) is 25.9 Å². The lowest BCUT2D eigenvalue weighted by atomic mass is 10.1. The van der Waals surface area contributed by atoms with E-state index < -0.39 is 5.60 Å². The third kappa shape index (κ3) is 2.96. The Labute approximate surface area is 105 Å². The lowest BCUT2D eigenvalue weighted by Gasteiger charge is -2.17. The Hall–Kier alpha value is -1.13. The fourth-order valence-electron chi connectivity index (χ4n) is 1.94. The predicted octanol–water partition coefficient (Wildman–Crippen LogP) is 2.05. The molecular weight excluding hydrogens is 234 g/mol. The summed E-state index contributed by atoms with van der Waals surface area (Å²) < 4.78 is 0. The normalized spacial score (nSPS) is 24.8. The topological polar surface area (TPSA) is 40.5 Å². The Balaban J connectivity index is 1.99. The van der Waals surface area contributed by atoms with Crippen molar-refractivity contribution in [1.29, 1.82) is 0 Å². The maximum absolute atomic E-state index is 11.9. The van der Waals surface area contributed by atoms with Crippen molar-refractivity contribution in [2.24, 2.45) is 0 Å². The van der Waals surface area contributed by atoms with Gasteiger partial charge < -0.3 is 10.0 Å². The highest BCUT2D eigenvalue weighted by Gasteiger charge is 2.32. The van der Waals surface area contributed by atoms with E-state index in [1.807, 2.05) is 24.4 Å². The fourth-order valence-corrected chi connectivity index (χ4v) is 2.76. The van der Waals surface area contributed by atoms with Gasteiger partial charge in [-0.05, 0) is 43.4 Å². The number of carbonyl (C=O) groups excluding carboxylic acids is 1. The van der Waals surface area contributed by atoms with Gasteiger partial charge in [0.05, 0.1) is 5.60 Å². The smallest absolute Gasteiger partial charge is 0.246 e. The van der Waals surface area contributed by atoms with Crippen molar-refractivity contribution in [3.05, 3.63) is 28.0 Å². The second-order valence-corrected chi connectivity index (χ2v) is 5.76. The van der Waals surface area contributed by atoms with Gasteiger partial charge in [0, 0.05) is 24.0 Å². The second-order valence-electron chi connectivity index (χ2n) is 4.81. The van der Waals surface area contributed by atoms with Crippen LogP contribution in [0.5, 0.6) is 0 Å². The molecule has 3 nitrogen and oxygen atoms in total. The zero-order valence-electron chi connectivity index (χ0n) is 10.1. The number of hydrogen-bond acceptors (Lipinski definition) is 3. The maximum Gasteiger partial charge on any atom is 0.246 e. The molecule has 4 heteroatoms. The molecule has 1 aliphatic heterocycles. The maximum atomic E-state index is 11.9. The van der Waals surface area contributed by atoms with Crippen LogP contribution < -0.4 is 0 Å². The number of aryl methyl sites for hydroxylation is 1. The Bertz CT molecular complexity index is 448. The van der Waals surface area contributed by atoms with Crippen LogP contribution in [0.2, 0.25) is 0 Å². The summed E-state index contributed by atoms with van der Waals surface area (Å²) in [5.74, 6) is -0.0180. The highest BCUT2D eigenvalue weighted by molar-refractivity contribution is 7.11. The molecule has 17 heavy (non-hydrogen) atoms. The van der Waals surface area contributed by atoms with Crippen LogP contribution in [0.15, 0.2) is 17.5 Å². The lowest BCUT2D eigenvalue weighted by molar-refractivity contribution is -0.125. The molecule has 1 atom stereocenters. The van der Waals surface area contributed by atoms with Gasteiger partial charge in [0.25, 0.3) is 0 Å². The van der Waals surface area contributed by atoms with E-state index in [0.29, 0.717) is 19.5 Å². The van der Waals surface area contributed by atoms with Gasteiger partial charge in [-0.3, -0.25) is 4.79 Å². The monoisotopic (exact) mass is 251 g/mol. The molecule has 0 bridgehead atoms. The highest BCUT2D eigenvalue weighted by atomic mass is 32.1. The number of carbonyl (C=O) groups is 1. The van der Waals surface area contributed by atoms with Crippen LogP contribution in [0.3, 0.4) is 0 Å². The quantitative estimate of drug-likeness (QED) is 0.817. The van der Waals surface area contributed by atoms with Crippen molar-refractivity contribution in [3.8, 4) is 0 Å². The van der Waals surface area contributed by atoms with E-state index in [0.717, 1.165) is 4.88 Å². The summed E-state index contributed by atoms with van der Waals surface area (Å²) in [5, 5.41) is 11.8. The van der Waals surface area contributed by atoms with Gasteiger partial charge >= 0.3 is 0 Å². The molecule has 0 aromatic carbocycles. The van der Waals surface area contributed by atoms with E-state index in [1.54, 1.807) is 29.2 Å². The van der Waals surface area contributed by atoms with E-state index in [9.17, 15) is 9.90 Å². The largest absolute Gasteiger partial charge is 0.388 e. The summed E-state index contributed by atoms with van der Waals surface area (Å²) in [7, 11) is 0.